The number of aromatic nitrogens is 2. The van der Waals surface area contributed by atoms with Crippen LogP contribution in [0, 0.1) is 0 Å². The van der Waals surface area contributed by atoms with Gasteiger partial charge in [-0.3, -0.25) is 9.48 Å². The maximum Gasteiger partial charge on any atom is 0.240 e. The summed E-state index contributed by atoms with van der Waals surface area (Å²) in [4.78, 5) is 11.3. The van der Waals surface area contributed by atoms with Crippen LogP contribution in [0.25, 0.3) is 10.9 Å². The van der Waals surface area contributed by atoms with Crippen LogP contribution in [0.4, 0.5) is 0 Å². The van der Waals surface area contributed by atoms with Crippen LogP contribution in [-0.2, 0) is 11.8 Å². The van der Waals surface area contributed by atoms with Crippen molar-refractivity contribution in [2.45, 2.75) is 13.3 Å². The van der Waals surface area contributed by atoms with Crippen LogP contribution >= 0.6 is 0 Å². The summed E-state index contributed by atoms with van der Waals surface area (Å²) >= 11 is 0. The zero-order valence-electron chi connectivity index (χ0n) is 10.6. The van der Waals surface area contributed by atoms with E-state index in [-0.39, 0.29) is 5.91 Å². The molecule has 5 nitrogen and oxygen atoms in total. The van der Waals surface area contributed by atoms with Gasteiger partial charge in [0, 0.05) is 13.6 Å². The minimum absolute atomic E-state index is 0.00210. The van der Waals surface area contributed by atoms with Crippen LogP contribution in [0.1, 0.15) is 13.3 Å². The van der Waals surface area contributed by atoms with Crippen molar-refractivity contribution in [3.63, 3.8) is 0 Å². The first kappa shape index (κ1) is 12.4. The van der Waals surface area contributed by atoms with Crippen molar-refractivity contribution < 1.29 is 9.53 Å². The molecule has 1 aromatic heterocycles. The van der Waals surface area contributed by atoms with Crippen molar-refractivity contribution in [1.29, 1.82) is 0 Å². The van der Waals surface area contributed by atoms with Crippen LogP contribution in [0.5, 0.6) is 5.88 Å². The van der Waals surface area contributed by atoms with E-state index in [1.54, 1.807) is 4.68 Å². The number of amides is 1. The molecule has 0 saturated heterocycles. The van der Waals surface area contributed by atoms with E-state index in [9.17, 15) is 4.79 Å². The van der Waals surface area contributed by atoms with Crippen LogP contribution in [0.15, 0.2) is 24.3 Å². The number of carbonyl (C=O) groups excluding carboxylic acids is 1. The van der Waals surface area contributed by atoms with Crippen LogP contribution in [-0.4, -0.2) is 28.8 Å². The Bertz CT molecular complexity index is 548. The Hall–Kier alpha value is -2.04. The number of carbonyl (C=O) groups is 1. The van der Waals surface area contributed by atoms with Crippen molar-refractivity contribution in [2.24, 2.45) is 7.05 Å². The highest BCUT2D eigenvalue weighted by Gasteiger charge is 2.09. The average molecular weight is 247 g/mol. The molecule has 0 spiro atoms. The molecule has 1 N–H and O–H groups in total. The van der Waals surface area contributed by atoms with Gasteiger partial charge < -0.3 is 10.1 Å². The SMILES string of the molecule is CCNC(=O)CCOc1nn(C)c2ccccc12. The molecule has 0 fully saturated rings. The molecule has 0 aliphatic heterocycles. The van der Waals surface area contributed by atoms with Gasteiger partial charge in [0.2, 0.25) is 11.8 Å². The van der Waals surface area contributed by atoms with Crippen LogP contribution in [0.3, 0.4) is 0 Å². The van der Waals surface area contributed by atoms with Crippen LogP contribution < -0.4 is 10.1 Å². The molecule has 18 heavy (non-hydrogen) atoms. The first-order valence-corrected chi connectivity index (χ1v) is 6.03. The van der Waals surface area contributed by atoms with Gasteiger partial charge in [-0.05, 0) is 19.1 Å². The highest BCUT2D eigenvalue weighted by Crippen LogP contribution is 2.23. The predicted molar refractivity (Wildman–Crippen MR) is 69.5 cm³/mol. The van der Waals surface area contributed by atoms with Gasteiger partial charge in [-0.25, -0.2) is 0 Å². The van der Waals surface area contributed by atoms with Crippen molar-refractivity contribution in [3.8, 4) is 5.88 Å². The zero-order valence-corrected chi connectivity index (χ0v) is 10.6. The lowest BCUT2D eigenvalue weighted by molar-refractivity contribution is -0.121. The number of nitrogens with zero attached hydrogens (tertiary/aromatic N) is 2. The van der Waals surface area contributed by atoms with Crippen molar-refractivity contribution in [1.82, 2.24) is 15.1 Å². The summed E-state index contributed by atoms with van der Waals surface area (Å²) in [6, 6.07) is 7.85. The number of hydrogen-bond acceptors (Lipinski definition) is 3. The molecule has 2 rings (SSSR count). The van der Waals surface area contributed by atoms with E-state index >= 15 is 0 Å². The lowest BCUT2D eigenvalue weighted by Crippen LogP contribution is -2.24. The Morgan fingerprint density at radius 3 is 3.00 bits per heavy atom. The molecule has 1 aromatic carbocycles. The number of benzene rings is 1. The van der Waals surface area contributed by atoms with Crippen molar-refractivity contribution in [3.05, 3.63) is 24.3 Å². The van der Waals surface area contributed by atoms with Gasteiger partial charge in [0.25, 0.3) is 0 Å². The first-order valence-electron chi connectivity index (χ1n) is 6.03. The maximum absolute atomic E-state index is 11.3. The molecule has 0 bridgehead atoms. The number of ether oxygens (including phenoxy) is 1. The van der Waals surface area contributed by atoms with Gasteiger partial charge in [-0.2, -0.15) is 0 Å². The molecule has 0 atom stereocenters. The lowest BCUT2D eigenvalue weighted by atomic mass is 10.2. The van der Waals surface area contributed by atoms with E-state index in [1.165, 1.54) is 0 Å². The number of rotatable bonds is 5. The van der Waals surface area contributed by atoms with Gasteiger partial charge in [-0.15, -0.1) is 5.10 Å². The first-order chi connectivity index (χ1) is 8.72. The summed E-state index contributed by atoms with van der Waals surface area (Å²) < 4.78 is 7.34. The van der Waals surface area contributed by atoms with Gasteiger partial charge in [-0.1, -0.05) is 12.1 Å². The highest BCUT2D eigenvalue weighted by molar-refractivity contribution is 5.84. The smallest absolute Gasteiger partial charge is 0.240 e. The molecule has 0 aliphatic rings. The summed E-state index contributed by atoms with van der Waals surface area (Å²) in [5, 5.41) is 7.99. The number of hydrogen-bond donors (Lipinski definition) is 1. The fourth-order valence-corrected chi connectivity index (χ4v) is 1.81. The van der Waals surface area contributed by atoms with Gasteiger partial charge in [0.05, 0.1) is 23.9 Å². The molecule has 0 aliphatic carbocycles. The number of aryl methyl sites for hydroxylation is 1. The van der Waals surface area contributed by atoms with E-state index < -0.39 is 0 Å². The standard InChI is InChI=1S/C13H17N3O2/c1-3-14-12(17)8-9-18-13-10-6-4-5-7-11(10)16(2)15-13/h4-7H,3,8-9H2,1-2H3,(H,14,17). The van der Waals surface area contributed by atoms with Crippen molar-refractivity contribution in [2.75, 3.05) is 13.2 Å². The third-order valence-corrected chi connectivity index (χ3v) is 2.67. The van der Waals surface area contributed by atoms with Crippen molar-refractivity contribution >= 4 is 16.8 Å². The zero-order chi connectivity index (χ0) is 13.0. The second-order valence-electron chi connectivity index (χ2n) is 4.00. The van der Waals surface area contributed by atoms with E-state index in [1.807, 2.05) is 38.2 Å². The van der Waals surface area contributed by atoms with E-state index in [2.05, 4.69) is 10.4 Å². The number of fused-ring (bicyclic) bond motifs is 1. The maximum atomic E-state index is 11.3. The Labute approximate surface area is 106 Å². The molecule has 0 unspecified atom stereocenters. The van der Waals surface area contributed by atoms with Gasteiger partial charge in [0.1, 0.15) is 0 Å². The summed E-state index contributed by atoms with van der Waals surface area (Å²) in [5.74, 6) is 0.579. The molecule has 1 amide bonds. The Kier molecular flexibility index (Phi) is 3.82. The van der Waals surface area contributed by atoms with Gasteiger partial charge >= 0.3 is 0 Å². The second kappa shape index (κ2) is 5.53. The summed E-state index contributed by atoms with van der Waals surface area (Å²) in [5.41, 5.74) is 1.02. The molecule has 1 heterocycles. The minimum atomic E-state index is -0.00210. The summed E-state index contributed by atoms with van der Waals surface area (Å²) in [6.07, 6.45) is 0.346. The fourth-order valence-electron chi connectivity index (χ4n) is 1.81. The van der Waals surface area contributed by atoms with E-state index in [0.29, 0.717) is 25.5 Å². The summed E-state index contributed by atoms with van der Waals surface area (Å²) in [6.45, 7) is 2.88. The Morgan fingerprint density at radius 1 is 1.44 bits per heavy atom. The predicted octanol–water partition coefficient (Wildman–Crippen LogP) is 1.48. The third-order valence-electron chi connectivity index (χ3n) is 2.67. The molecule has 0 saturated carbocycles. The van der Waals surface area contributed by atoms with Gasteiger partial charge in [0.15, 0.2) is 0 Å². The minimum Gasteiger partial charge on any atom is -0.476 e. The summed E-state index contributed by atoms with van der Waals surface area (Å²) in [7, 11) is 1.87. The fraction of sp³-hybridized carbons (Fsp3) is 0.385. The lowest BCUT2D eigenvalue weighted by Gasteiger charge is -2.03. The molecule has 5 heteroatoms. The number of para-hydroxylation sites is 1. The Balaban J connectivity index is 2.02. The number of nitrogens with one attached hydrogen (secondary N) is 1. The van der Waals surface area contributed by atoms with E-state index in [4.69, 9.17) is 4.74 Å². The quantitative estimate of drug-likeness (QED) is 0.870. The second-order valence-corrected chi connectivity index (χ2v) is 4.00. The Morgan fingerprint density at radius 2 is 2.22 bits per heavy atom. The third kappa shape index (κ3) is 2.61. The van der Waals surface area contributed by atoms with E-state index in [0.717, 1.165) is 10.9 Å². The molecule has 96 valence electrons. The highest BCUT2D eigenvalue weighted by atomic mass is 16.5. The average Bonchev–Trinajstić information content (AvgIpc) is 2.68. The molecular weight excluding hydrogens is 230 g/mol. The largest absolute Gasteiger partial charge is 0.476 e. The molecule has 2 aromatic rings. The monoisotopic (exact) mass is 247 g/mol. The van der Waals surface area contributed by atoms with Crippen LogP contribution in [0.2, 0.25) is 0 Å². The molecule has 0 radical (unpaired) electrons. The molecular formula is C13H17N3O2. The normalized spacial score (nSPS) is 10.6. The topological polar surface area (TPSA) is 56.1 Å².